The molecule has 1 aromatic heterocycles. The molecule has 0 saturated heterocycles. The van der Waals surface area contributed by atoms with E-state index in [-0.39, 0.29) is 17.9 Å². The number of amides is 1. The van der Waals surface area contributed by atoms with Crippen LogP contribution in [0.2, 0.25) is 0 Å². The summed E-state index contributed by atoms with van der Waals surface area (Å²) in [5, 5.41) is 22.2. The van der Waals surface area contributed by atoms with Crippen LogP contribution in [0.5, 0.6) is 5.75 Å². The number of anilines is 1. The van der Waals surface area contributed by atoms with E-state index in [2.05, 4.69) is 5.32 Å². The fourth-order valence-electron chi connectivity index (χ4n) is 2.77. The molecule has 0 fully saturated rings. The Hall–Kier alpha value is -4.05. The van der Waals surface area contributed by atoms with Gasteiger partial charge in [0.05, 0.1) is 7.11 Å². The molecule has 0 unspecified atom stereocenters. The minimum absolute atomic E-state index is 0.0203. The van der Waals surface area contributed by atoms with Crippen molar-refractivity contribution in [2.24, 2.45) is 0 Å². The van der Waals surface area contributed by atoms with Gasteiger partial charge in [0, 0.05) is 28.4 Å². The van der Waals surface area contributed by atoms with E-state index in [0.29, 0.717) is 11.3 Å². The maximum absolute atomic E-state index is 12.5. The number of aromatic hydroxyl groups is 1. The molecule has 0 spiro atoms. The Morgan fingerprint density at radius 3 is 2.61 bits per heavy atom. The summed E-state index contributed by atoms with van der Waals surface area (Å²) in [7, 11) is 1.32. The van der Waals surface area contributed by atoms with Crippen molar-refractivity contribution in [1.29, 1.82) is 5.26 Å². The topological polar surface area (TPSA) is 104 Å². The molecule has 0 aliphatic heterocycles. The summed E-state index contributed by atoms with van der Waals surface area (Å²) in [5.74, 6) is -0.896. The number of nitrogens with zero attached hydrogens (tertiary/aromatic N) is 2. The lowest BCUT2D eigenvalue weighted by atomic mass is 10.1. The number of benzene rings is 2. The molecule has 0 bridgehead atoms. The third-order valence-corrected chi connectivity index (χ3v) is 4.14. The Bertz CT molecular complexity index is 1100. The molecular weight excluding hydrogens is 358 g/mol. The number of hydrogen-bond acceptors (Lipinski definition) is 5. The van der Waals surface area contributed by atoms with Crippen molar-refractivity contribution in [1.82, 2.24) is 4.57 Å². The van der Waals surface area contributed by atoms with E-state index in [9.17, 15) is 20.0 Å². The minimum Gasteiger partial charge on any atom is -0.508 e. The number of para-hydroxylation sites is 1. The van der Waals surface area contributed by atoms with Gasteiger partial charge in [-0.05, 0) is 36.4 Å². The molecule has 0 aliphatic rings. The highest BCUT2D eigenvalue weighted by molar-refractivity contribution is 6.10. The van der Waals surface area contributed by atoms with Gasteiger partial charge in [-0.25, -0.2) is 0 Å². The number of phenols is 1. The largest absolute Gasteiger partial charge is 0.508 e. The van der Waals surface area contributed by atoms with Crippen molar-refractivity contribution in [2.75, 3.05) is 12.4 Å². The quantitative estimate of drug-likeness (QED) is 0.309. The number of rotatable bonds is 5. The van der Waals surface area contributed by atoms with Gasteiger partial charge in [-0.2, -0.15) is 5.26 Å². The number of hydrogen-bond donors (Lipinski definition) is 2. The van der Waals surface area contributed by atoms with Crippen molar-refractivity contribution in [3.8, 4) is 11.8 Å². The molecule has 2 N–H and O–H groups in total. The molecule has 0 aliphatic carbocycles. The maximum Gasteiger partial charge on any atom is 0.325 e. The molecule has 3 rings (SSSR count). The molecule has 7 heteroatoms. The molecule has 140 valence electrons. The highest BCUT2D eigenvalue weighted by atomic mass is 16.5. The molecule has 7 nitrogen and oxygen atoms in total. The van der Waals surface area contributed by atoms with E-state index in [0.717, 1.165) is 10.9 Å². The Labute approximate surface area is 161 Å². The van der Waals surface area contributed by atoms with Crippen LogP contribution >= 0.6 is 0 Å². The first-order valence-electron chi connectivity index (χ1n) is 8.38. The van der Waals surface area contributed by atoms with Crippen LogP contribution in [-0.4, -0.2) is 28.7 Å². The van der Waals surface area contributed by atoms with Crippen LogP contribution in [0.4, 0.5) is 5.69 Å². The number of nitrogens with one attached hydrogen (secondary N) is 1. The van der Waals surface area contributed by atoms with Crippen molar-refractivity contribution in [3.63, 3.8) is 0 Å². The van der Waals surface area contributed by atoms with E-state index >= 15 is 0 Å². The molecular formula is C21H17N3O4. The number of carbonyl (C=O) groups excluding carboxylic acids is 2. The summed E-state index contributed by atoms with van der Waals surface area (Å²) in [6.45, 7) is 0.0203. The number of fused-ring (bicyclic) bond motifs is 1. The molecule has 0 atom stereocenters. The van der Waals surface area contributed by atoms with Crippen LogP contribution in [0.3, 0.4) is 0 Å². The van der Waals surface area contributed by atoms with Gasteiger partial charge in [-0.1, -0.05) is 18.2 Å². The van der Waals surface area contributed by atoms with Crippen LogP contribution in [0.25, 0.3) is 17.0 Å². The van der Waals surface area contributed by atoms with Crippen LogP contribution in [0.1, 0.15) is 5.56 Å². The second-order valence-corrected chi connectivity index (χ2v) is 5.98. The standard InChI is InChI=1S/C21H17N3O4/c1-28-20(26)13-24-12-15(18-4-2-3-5-19(18)24)10-14(11-22)21(27)23-16-6-8-17(25)9-7-16/h2-10,12,25H,13H2,1H3,(H,23,27). The third kappa shape index (κ3) is 4.02. The molecule has 1 heterocycles. The van der Waals surface area contributed by atoms with Gasteiger partial charge in [-0.3, -0.25) is 9.59 Å². The molecule has 1 amide bonds. The molecule has 2 aromatic carbocycles. The number of phenolic OH excluding ortho intramolecular Hbond substituents is 1. The van der Waals surface area contributed by atoms with Gasteiger partial charge >= 0.3 is 5.97 Å². The van der Waals surface area contributed by atoms with E-state index in [1.54, 1.807) is 10.8 Å². The second kappa shape index (κ2) is 8.10. The lowest BCUT2D eigenvalue weighted by Crippen LogP contribution is -2.13. The van der Waals surface area contributed by atoms with E-state index in [1.807, 2.05) is 30.3 Å². The minimum atomic E-state index is -0.571. The van der Waals surface area contributed by atoms with Gasteiger partial charge in [0.2, 0.25) is 0 Å². The Morgan fingerprint density at radius 2 is 1.93 bits per heavy atom. The summed E-state index contributed by atoms with van der Waals surface area (Å²) in [5.41, 5.74) is 1.79. The zero-order valence-corrected chi connectivity index (χ0v) is 15.0. The maximum atomic E-state index is 12.5. The van der Waals surface area contributed by atoms with Gasteiger partial charge in [0.25, 0.3) is 5.91 Å². The first-order chi connectivity index (χ1) is 13.5. The summed E-state index contributed by atoms with van der Waals surface area (Å²) >= 11 is 0. The van der Waals surface area contributed by atoms with Gasteiger partial charge in [0.15, 0.2) is 0 Å². The van der Waals surface area contributed by atoms with Crippen LogP contribution in [0, 0.1) is 11.3 Å². The lowest BCUT2D eigenvalue weighted by molar-refractivity contribution is -0.141. The number of nitriles is 1. The smallest absolute Gasteiger partial charge is 0.325 e. The van der Waals surface area contributed by atoms with Crippen molar-refractivity contribution in [2.45, 2.75) is 6.54 Å². The number of esters is 1. The van der Waals surface area contributed by atoms with Crippen molar-refractivity contribution >= 4 is 34.5 Å². The zero-order valence-electron chi connectivity index (χ0n) is 15.0. The van der Waals surface area contributed by atoms with Crippen LogP contribution < -0.4 is 5.32 Å². The average molecular weight is 375 g/mol. The Balaban J connectivity index is 1.94. The molecule has 3 aromatic rings. The highest BCUT2D eigenvalue weighted by Crippen LogP contribution is 2.24. The van der Waals surface area contributed by atoms with Crippen LogP contribution in [0.15, 0.2) is 60.3 Å². The number of carbonyl (C=O) groups is 2. The summed E-state index contributed by atoms with van der Waals surface area (Å²) in [6.07, 6.45) is 3.18. The third-order valence-electron chi connectivity index (χ3n) is 4.14. The predicted molar refractivity (Wildman–Crippen MR) is 104 cm³/mol. The Kier molecular flexibility index (Phi) is 5.42. The van der Waals surface area contributed by atoms with E-state index in [4.69, 9.17) is 4.74 Å². The highest BCUT2D eigenvalue weighted by Gasteiger charge is 2.14. The monoisotopic (exact) mass is 375 g/mol. The Morgan fingerprint density at radius 1 is 1.21 bits per heavy atom. The first kappa shape index (κ1) is 18.7. The summed E-state index contributed by atoms with van der Waals surface area (Å²) in [4.78, 5) is 24.1. The van der Waals surface area contributed by atoms with E-state index in [1.165, 1.54) is 37.5 Å². The number of aromatic nitrogens is 1. The number of ether oxygens (including phenoxy) is 1. The SMILES string of the molecule is COC(=O)Cn1cc(C=C(C#N)C(=O)Nc2ccc(O)cc2)c2ccccc21. The average Bonchev–Trinajstić information content (AvgIpc) is 3.05. The lowest BCUT2D eigenvalue weighted by Gasteiger charge is -2.04. The van der Waals surface area contributed by atoms with E-state index < -0.39 is 11.9 Å². The molecule has 0 saturated carbocycles. The van der Waals surface area contributed by atoms with Crippen molar-refractivity contribution in [3.05, 3.63) is 65.9 Å². The van der Waals surface area contributed by atoms with Gasteiger partial charge < -0.3 is 19.7 Å². The normalized spacial score (nSPS) is 11.1. The van der Waals surface area contributed by atoms with Crippen molar-refractivity contribution < 1.29 is 19.4 Å². The number of methoxy groups -OCH3 is 1. The van der Waals surface area contributed by atoms with Crippen LogP contribution in [-0.2, 0) is 20.9 Å². The molecule has 28 heavy (non-hydrogen) atoms. The first-order valence-corrected chi connectivity index (χ1v) is 8.38. The fraction of sp³-hybridized carbons (Fsp3) is 0.0952. The predicted octanol–water partition coefficient (Wildman–Crippen LogP) is 3.07. The second-order valence-electron chi connectivity index (χ2n) is 5.98. The fourth-order valence-corrected chi connectivity index (χ4v) is 2.77. The van der Waals surface area contributed by atoms with Gasteiger partial charge in [0.1, 0.15) is 23.9 Å². The summed E-state index contributed by atoms with van der Waals surface area (Å²) < 4.78 is 6.43. The zero-order chi connectivity index (χ0) is 20.1. The van der Waals surface area contributed by atoms with Gasteiger partial charge in [-0.15, -0.1) is 0 Å². The summed E-state index contributed by atoms with van der Waals surface area (Å²) in [6, 6.07) is 15.2. The molecule has 0 radical (unpaired) electrons.